The molecule has 4 heterocycles. The number of imide groups is 1. The third-order valence-corrected chi connectivity index (χ3v) is 10.3. The molecule has 0 bridgehead atoms. The topological polar surface area (TPSA) is 356 Å². The van der Waals surface area contributed by atoms with Crippen LogP contribution in [0.25, 0.3) is 0 Å². The number of rotatable bonds is 12. The fraction of sp³-hybridized carbons (Fsp3) is 0.386. The number of Topliss-reactive ketones (excluding diaryl/α,β-unsaturated/α-hetero) is 1. The Bertz CT molecular complexity index is 2190. The first-order chi connectivity index (χ1) is 31.0. The first kappa shape index (κ1) is 61.0. The molecule has 5 aromatic rings. The Morgan fingerprint density at radius 3 is 1.31 bits per heavy atom. The van der Waals surface area contributed by atoms with E-state index in [1.54, 1.807) is 61.5 Å². The maximum atomic E-state index is 12.2. The van der Waals surface area contributed by atoms with Crippen LogP contribution in [0.3, 0.4) is 0 Å². The SMILES string of the molecule is ClCc1coc(C2CC2)n1.NC(=O)C1CC1.NCc1coc(C2CC2)n1.NN.O.O=C(CCl)CCl.O=C1c2ccccc2C(=O)N1Cc1coc(C2CC2)n1.O=[C-]c1ccccc1[C-]=O.[K+].[NH4+]. The zero-order chi connectivity index (χ0) is 46.6. The summed E-state index contributed by atoms with van der Waals surface area (Å²) in [7, 11) is 0. The van der Waals surface area contributed by atoms with E-state index in [-0.39, 0.29) is 122 Å². The maximum Gasteiger partial charge on any atom is 1.00 e. The van der Waals surface area contributed by atoms with Crippen molar-refractivity contribution in [3.05, 3.63) is 124 Å². The van der Waals surface area contributed by atoms with Crippen LogP contribution in [0.5, 0.6) is 0 Å². The van der Waals surface area contributed by atoms with Gasteiger partial charge in [0.1, 0.15) is 18.8 Å². The Kier molecular flexibility index (Phi) is 29.1. The van der Waals surface area contributed by atoms with Gasteiger partial charge in [0.05, 0.1) is 52.4 Å². The summed E-state index contributed by atoms with van der Waals surface area (Å²) in [5, 5.41) is 0. The van der Waals surface area contributed by atoms with Crippen molar-refractivity contribution < 1.29 is 98.9 Å². The molecule has 4 aliphatic carbocycles. The second-order valence-electron chi connectivity index (χ2n) is 14.7. The molecule has 0 radical (unpaired) electrons. The molecule has 2 aromatic carbocycles. The van der Waals surface area contributed by atoms with Gasteiger partial charge in [0, 0.05) is 30.2 Å². The third kappa shape index (κ3) is 20.2. The normalized spacial score (nSPS) is 14.6. The molecular weight excluding hydrogens is 960 g/mol. The molecule has 5 aliphatic rings. The molecule has 3 amide bonds. The van der Waals surface area contributed by atoms with Gasteiger partial charge in [0.25, 0.3) is 11.8 Å². The first-order valence-electron chi connectivity index (χ1n) is 20.2. The average Bonchev–Trinajstić information content (AvgIpc) is 4.15. The number of carbonyl (C=O) groups excluding carboxylic acids is 6. The number of fused-ring (bicyclic) bond motifs is 1. The van der Waals surface area contributed by atoms with Crippen molar-refractivity contribution in [3.63, 3.8) is 0 Å². The fourth-order valence-corrected chi connectivity index (χ4v) is 5.77. The number of halogens is 3. The molecule has 67 heavy (non-hydrogen) atoms. The van der Waals surface area contributed by atoms with E-state index in [0.717, 1.165) is 54.7 Å². The molecular formula is C44H55Cl3KN9O10. The zero-order valence-electron chi connectivity index (χ0n) is 37.3. The summed E-state index contributed by atoms with van der Waals surface area (Å²) >= 11 is 15.6. The van der Waals surface area contributed by atoms with Gasteiger partial charge in [0.15, 0.2) is 23.5 Å². The molecule has 14 N–H and O–H groups in total. The number of ketones is 1. The summed E-state index contributed by atoms with van der Waals surface area (Å²) < 4.78 is 15.8. The number of quaternary nitrogens is 1. The molecule has 0 spiro atoms. The second kappa shape index (κ2) is 31.9. The molecule has 0 unspecified atom stereocenters. The Morgan fingerprint density at radius 2 is 1.03 bits per heavy atom. The maximum absolute atomic E-state index is 12.2. The number of alkyl halides is 3. The van der Waals surface area contributed by atoms with E-state index in [2.05, 4.69) is 26.6 Å². The molecule has 10 rings (SSSR count). The van der Waals surface area contributed by atoms with E-state index in [4.69, 9.17) is 59.5 Å². The summed E-state index contributed by atoms with van der Waals surface area (Å²) in [6.45, 7) is 0.652. The molecule has 0 saturated heterocycles. The number of primary amides is 1. The standard InChI is InChI=1S/C15H12N2O3.C8H4O2.C7H8ClNO.C7H10N2O.C4H7NO.C3H4Cl2O.K.H4N2.H3N.H2O/c18-14-11-3-1-2-4-12(11)15(19)17(14)7-10-8-20-13(16-10)9-5-6-9;9-5-7-3-1-2-4-8(7)6-10;2*8-3-6-4-10-7(9-6)5-1-2-5;5-4(6)3-1-2-3;4-1-3(6)2-5;;1-2;;/h1-4,8-9H,5-7H2;1-4H;4-5H,1-3H2;4-5H,1-3,8H2;3H,1-2H2,(H2,5,6);1-2H2;;1-2H2;1H3;1H2/q;-2;;;;;+1;;;/p+1. The van der Waals surface area contributed by atoms with E-state index in [0.29, 0.717) is 47.0 Å². The van der Waals surface area contributed by atoms with Crippen molar-refractivity contribution >= 4 is 70.9 Å². The summed E-state index contributed by atoms with van der Waals surface area (Å²) in [6.07, 6.45) is 17.2. The average molecular weight is 1020 g/mol. The van der Waals surface area contributed by atoms with Crippen LogP contribution in [0.2, 0.25) is 0 Å². The van der Waals surface area contributed by atoms with Crippen LogP contribution in [-0.4, -0.2) is 73.2 Å². The van der Waals surface area contributed by atoms with Gasteiger partial charge in [0.2, 0.25) is 5.91 Å². The van der Waals surface area contributed by atoms with Crippen LogP contribution in [0.1, 0.15) is 136 Å². The monoisotopic (exact) mass is 1010 g/mol. The van der Waals surface area contributed by atoms with Gasteiger partial charge in [-0.2, -0.15) is 0 Å². The van der Waals surface area contributed by atoms with E-state index < -0.39 is 0 Å². The second-order valence-corrected chi connectivity index (χ2v) is 15.5. The predicted molar refractivity (Wildman–Crippen MR) is 246 cm³/mol. The molecule has 4 fully saturated rings. The minimum Gasteiger partial charge on any atom is -0.448 e. The Balaban J connectivity index is 0.000000418. The Morgan fingerprint density at radius 1 is 0.657 bits per heavy atom. The van der Waals surface area contributed by atoms with Crippen LogP contribution >= 0.6 is 34.8 Å². The molecule has 4 saturated carbocycles. The molecule has 23 heteroatoms. The number of carbonyl (C=O) groups is 4. The predicted octanol–water partition coefficient (Wildman–Crippen LogP) is 2.54. The smallest absolute Gasteiger partial charge is 0.448 e. The van der Waals surface area contributed by atoms with Crippen molar-refractivity contribution in [1.82, 2.24) is 26.0 Å². The summed E-state index contributed by atoms with van der Waals surface area (Å²) in [5.41, 5.74) is 14.0. The number of hydrogen-bond donors (Lipinski definition) is 5. The molecule has 19 nitrogen and oxygen atoms in total. The number of oxazole rings is 3. The van der Waals surface area contributed by atoms with E-state index in [9.17, 15) is 28.8 Å². The Hall–Kier alpha value is -4.00. The number of aromatic nitrogens is 3. The summed E-state index contributed by atoms with van der Waals surface area (Å²) in [4.78, 5) is 78.5. The molecule has 358 valence electrons. The van der Waals surface area contributed by atoms with Gasteiger partial charge in [-0.15, -0.1) is 46.9 Å². The van der Waals surface area contributed by atoms with Crippen LogP contribution in [0.15, 0.2) is 80.6 Å². The van der Waals surface area contributed by atoms with Gasteiger partial charge in [-0.25, -0.2) is 27.1 Å². The fourth-order valence-electron chi connectivity index (χ4n) is 5.36. The summed E-state index contributed by atoms with van der Waals surface area (Å²) in [6, 6.07) is 13.2. The van der Waals surface area contributed by atoms with E-state index >= 15 is 0 Å². The van der Waals surface area contributed by atoms with Crippen LogP contribution < -0.4 is 80.7 Å². The minimum absolute atomic E-state index is 0. The third-order valence-electron chi connectivity index (χ3n) is 9.46. The van der Waals surface area contributed by atoms with Crippen molar-refractivity contribution in [2.24, 2.45) is 29.1 Å². The number of nitrogens with zero attached hydrogens (tertiary/aromatic N) is 4. The molecule has 1 aliphatic heterocycles. The number of amides is 3. The van der Waals surface area contributed by atoms with E-state index in [1.165, 1.54) is 49.0 Å². The number of benzene rings is 2. The Labute approximate surface area is 445 Å². The van der Waals surface area contributed by atoms with Gasteiger partial charge in [-0.05, 0) is 76.1 Å². The van der Waals surface area contributed by atoms with Crippen molar-refractivity contribution in [2.75, 3.05) is 11.8 Å². The molecule has 3 aromatic heterocycles. The first-order valence-corrected chi connectivity index (χ1v) is 21.8. The van der Waals surface area contributed by atoms with Gasteiger partial charge in [-0.1, -0.05) is 12.1 Å². The van der Waals surface area contributed by atoms with E-state index in [1.807, 2.05) is 0 Å². The van der Waals surface area contributed by atoms with Crippen LogP contribution in [-0.2, 0) is 38.1 Å². The van der Waals surface area contributed by atoms with Crippen LogP contribution in [0.4, 0.5) is 0 Å². The zero-order valence-corrected chi connectivity index (χ0v) is 42.6. The summed E-state index contributed by atoms with van der Waals surface area (Å²) in [5.74, 6) is 12.1. The quantitative estimate of drug-likeness (QED) is 0.0299. The van der Waals surface area contributed by atoms with Crippen molar-refractivity contribution in [3.8, 4) is 0 Å². The van der Waals surface area contributed by atoms with Gasteiger partial charge < -0.3 is 45.9 Å². The minimum atomic E-state index is -0.262. The van der Waals surface area contributed by atoms with Gasteiger partial charge >= 0.3 is 51.4 Å². The number of hydrazine groups is 1. The largest absolute Gasteiger partial charge is 1.00 e. The van der Waals surface area contributed by atoms with Crippen molar-refractivity contribution in [2.45, 2.75) is 88.1 Å². The van der Waals surface area contributed by atoms with Gasteiger partial charge in [-0.3, -0.25) is 46.9 Å². The number of hydrogen-bond acceptors (Lipinski definition) is 15. The van der Waals surface area contributed by atoms with Crippen molar-refractivity contribution in [1.29, 1.82) is 0 Å². The molecule has 0 atom stereocenters. The van der Waals surface area contributed by atoms with Crippen LogP contribution in [0, 0.1) is 5.92 Å². The number of nitrogens with two attached hydrogens (primary N) is 4.